The van der Waals surface area contributed by atoms with E-state index in [0.717, 1.165) is 39.9 Å². The fourth-order valence-electron chi connectivity index (χ4n) is 1.99. The van der Waals surface area contributed by atoms with Crippen LogP contribution in [0.15, 0.2) is 0 Å². The number of aryl methyl sites for hydroxylation is 2. The van der Waals surface area contributed by atoms with Crippen LogP contribution < -0.4 is 0 Å². The molecule has 0 saturated carbocycles. The number of rotatable bonds is 6. The first-order chi connectivity index (χ1) is 8.41. The van der Waals surface area contributed by atoms with Gasteiger partial charge in [0.1, 0.15) is 0 Å². The summed E-state index contributed by atoms with van der Waals surface area (Å²) in [7, 11) is 1.98. The molecule has 1 aromatic heterocycles. The Morgan fingerprint density at radius 3 is 2.22 bits per heavy atom. The number of alkyl halides is 2. The van der Waals surface area contributed by atoms with Gasteiger partial charge in [0.2, 0.25) is 0 Å². The van der Waals surface area contributed by atoms with Crippen molar-refractivity contribution in [2.24, 2.45) is 18.4 Å². The number of nitrogens with zero attached hydrogens (tertiary/aromatic N) is 2. The Bertz CT molecular complexity index is 398. The molecule has 0 amide bonds. The lowest BCUT2D eigenvalue weighted by Gasteiger charge is -2.34. The van der Waals surface area contributed by atoms with Crippen LogP contribution in [0.2, 0.25) is 5.02 Å². The molecule has 0 fully saturated rings. The Morgan fingerprint density at radius 2 is 1.89 bits per heavy atom. The zero-order chi connectivity index (χ0) is 13.9. The van der Waals surface area contributed by atoms with Gasteiger partial charge in [0.05, 0.1) is 16.4 Å². The molecule has 0 aliphatic carbocycles. The molecule has 0 N–H and O–H groups in total. The van der Waals surface area contributed by atoms with Crippen LogP contribution in [0.5, 0.6) is 0 Å². The van der Waals surface area contributed by atoms with Gasteiger partial charge >= 0.3 is 0 Å². The first-order valence-corrected chi connectivity index (χ1v) is 8.86. The molecule has 104 valence electrons. The summed E-state index contributed by atoms with van der Waals surface area (Å²) in [6.07, 6.45) is 1.81. The normalized spacial score (nSPS) is 12.4. The molecule has 1 heterocycles. The van der Waals surface area contributed by atoms with Crippen LogP contribution in [0.25, 0.3) is 0 Å². The SMILES string of the molecule is CCc1nn(C)c(CC(CBr)(CBr)C(C)C)c1Cl. The molecule has 18 heavy (non-hydrogen) atoms. The largest absolute Gasteiger partial charge is 0.271 e. The highest BCUT2D eigenvalue weighted by molar-refractivity contribution is 9.09. The van der Waals surface area contributed by atoms with Gasteiger partial charge in [0.25, 0.3) is 0 Å². The first kappa shape index (κ1) is 16.5. The number of hydrogen-bond donors (Lipinski definition) is 0. The van der Waals surface area contributed by atoms with Crippen molar-refractivity contribution in [1.29, 1.82) is 0 Å². The third kappa shape index (κ3) is 3.13. The molecule has 1 aromatic rings. The minimum atomic E-state index is 0.169. The number of hydrogen-bond acceptors (Lipinski definition) is 1. The average Bonchev–Trinajstić information content (AvgIpc) is 2.62. The Labute approximate surface area is 132 Å². The minimum Gasteiger partial charge on any atom is -0.271 e. The third-order valence-electron chi connectivity index (χ3n) is 3.78. The summed E-state index contributed by atoms with van der Waals surface area (Å²) in [6, 6.07) is 0. The quantitative estimate of drug-likeness (QED) is 0.638. The van der Waals surface area contributed by atoms with E-state index in [4.69, 9.17) is 11.6 Å². The maximum Gasteiger partial charge on any atom is 0.0849 e. The zero-order valence-corrected chi connectivity index (χ0v) is 15.4. The van der Waals surface area contributed by atoms with Crippen molar-refractivity contribution in [3.8, 4) is 0 Å². The van der Waals surface area contributed by atoms with Gasteiger partial charge in [0, 0.05) is 17.7 Å². The van der Waals surface area contributed by atoms with Gasteiger partial charge in [-0.3, -0.25) is 4.68 Å². The molecule has 5 heteroatoms. The molecule has 0 spiro atoms. The van der Waals surface area contributed by atoms with Crippen molar-refractivity contribution < 1.29 is 0 Å². The highest BCUT2D eigenvalue weighted by Crippen LogP contribution is 2.38. The fourth-order valence-corrected chi connectivity index (χ4v) is 4.97. The van der Waals surface area contributed by atoms with Gasteiger partial charge in [-0.15, -0.1) is 0 Å². The molecule has 0 unspecified atom stereocenters. The van der Waals surface area contributed by atoms with Gasteiger partial charge in [-0.05, 0) is 24.2 Å². The minimum absolute atomic E-state index is 0.169. The predicted octanol–water partition coefficient (Wildman–Crippen LogP) is 4.61. The second kappa shape index (κ2) is 6.76. The van der Waals surface area contributed by atoms with Crippen molar-refractivity contribution in [1.82, 2.24) is 9.78 Å². The standard InChI is InChI=1S/C13H21Br2ClN2/c1-5-10-12(16)11(18(4)17-10)6-13(7-14,8-15)9(2)3/h9H,5-8H2,1-4H3. The van der Waals surface area contributed by atoms with E-state index in [-0.39, 0.29) is 5.41 Å². The van der Waals surface area contributed by atoms with Gasteiger partial charge < -0.3 is 0 Å². The Balaban J connectivity index is 3.12. The van der Waals surface area contributed by atoms with Crippen molar-refractivity contribution in [3.05, 3.63) is 16.4 Å². The first-order valence-electron chi connectivity index (χ1n) is 6.24. The van der Waals surface area contributed by atoms with Crippen molar-refractivity contribution in [2.45, 2.75) is 33.6 Å². The van der Waals surface area contributed by atoms with Gasteiger partial charge in [-0.1, -0.05) is 64.2 Å². The highest BCUT2D eigenvalue weighted by Gasteiger charge is 2.34. The van der Waals surface area contributed by atoms with Crippen LogP contribution >= 0.6 is 43.5 Å². The highest BCUT2D eigenvalue weighted by atomic mass is 79.9. The van der Waals surface area contributed by atoms with E-state index < -0.39 is 0 Å². The fraction of sp³-hybridized carbons (Fsp3) is 0.769. The van der Waals surface area contributed by atoms with Crippen molar-refractivity contribution >= 4 is 43.5 Å². The van der Waals surface area contributed by atoms with E-state index in [1.54, 1.807) is 0 Å². The molecular weight excluding hydrogens is 379 g/mol. The maximum absolute atomic E-state index is 6.44. The van der Waals surface area contributed by atoms with Crippen LogP contribution in [-0.2, 0) is 19.9 Å². The lowest BCUT2D eigenvalue weighted by molar-refractivity contribution is 0.262. The molecule has 0 aliphatic heterocycles. The summed E-state index contributed by atoms with van der Waals surface area (Å²) in [5, 5.41) is 7.24. The third-order valence-corrected chi connectivity index (χ3v) is 6.45. The van der Waals surface area contributed by atoms with Crippen LogP contribution in [0.3, 0.4) is 0 Å². The predicted molar refractivity (Wildman–Crippen MR) is 86.2 cm³/mol. The van der Waals surface area contributed by atoms with E-state index >= 15 is 0 Å². The Morgan fingerprint density at radius 1 is 1.33 bits per heavy atom. The molecule has 2 nitrogen and oxygen atoms in total. The monoisotopic (exact) mass is 398 g/mol. The second-order valence-corrected chi connectivity index (χ2v) is 6.65. The van der Waals surface area contributed by atoms with Crippen LogP contribution in [0.4, 0.5) is 0 Å². The van der Waals surface area contributed by atoms with Crippen LogP contribution in [-0.4, -0.2) is 20.4 Å². The molecule has 1 rings (SSSR count). The number of aromatic nitrogens is 2. The van der Waals surface area contributed by atoms with Gasteiger partial charge in [0.15, 0.2) is 0 Å². The molecule has 0 saturated heterocycles. The maximum atomic E-state index is 6.44. The number of halogens is 3. The smallest absolute Gasteiger partial charge is 0.0849 e. The lowest BCUT2D eigenvalue weighted by atomic mass is 9.77. The molecule has 0 aromatic carbocycles. The van der Waals surface area contributed by atoms with E-state index in [2.05, 4.69) is 57.7 Å². The van der Waals surface area contributed by atoms with Gasteiger partial charge in [-0.25, -0.2) is 0 Å². The molecule has 0 atom stereocenters. The summed E-state index contributed by atoms with van der Waals surface area (Å²) < 4.78 is 1.93. The lowest BCUT2D eigenvalue weighted by Crippen LogP contribution is -2.34. The van der Waals surface area contributed by atoms with Crippen molar-refractivity contribution in [2.75, 3.05) is 10.7 Å². The van der Waals surface area contributed by atoms with Crippen molar-refractivity contribution in [3.63, 3.8) is 0 Å². The molecular formula is C13H21Br2ClN2. The Kier molecular flexibility index (Phi) is 6.20. The second-order valence-electron chi connectivity index (χ2n) is 5.15. The topological polar surface area (TPSA) is 17.8 Å². The molecule has 0 radical (unpaired) electrons. The summed E-state index contributed by atoms with van der Waals surface area (Å²) >= 11 is 13.8. The summed E-state index contributed by atoms with van der Waals surface area (Å²) in [6.45, 7) is 6.60. The average molecular weight is 401 g/mol. The van der Waals surface area contributed by atoms with Gasteiger partial charge in [-0.2, -0.15) is 5.10 Å². The van der Waals surface area contributed by atoms with Crippen LogP contribution in [0, 0.1) is 11.3 Å². The van der Waals surface area contributed by atoms with Crippen LogP contribution in [0.1, 0.15) is 32.2 Å². The summed E-state index contributed by atoms with van der Waals surface area (Å²) in [5.74, 6) is 0.562. The summed E-state index contributed by atoms with van der Waals surface area (Å²) in [5.41, 5.74) is 2.31. The van der Waals surface area contributed by atoms with E-state index in [1.807, 2.05) is 11.7 Å². The van der Waals surface area contributed by atoms with E-state index in [0.29, 0.717) is 5.92 Å². The Hall–Kier alpha value is 0.460. The van der Waals surface area contributed by atoms with E-state index in [1.165, 1.54) is 0 Å². The summed E-state index contributed by atoms with van der Waals surface area (Å²) in [4.78, 5) is 0. The molecule has 0 bridgehead atoms. The zero-order valence-electron chi connectivity index (χ0n) is 11.4. The van der Waals surface area contributed by atoms with E-state index in [9.17, 15) is 0 Å². The molecule has 0 aliphatic rings.